The summed E-state index contributed by atoms with van der Waals surface area (Å²) in [5.41, 5.74) is 3.20. The number of ether oxygens (including phenoxy) is 2. The fraction of sp³-hybridized carbons (Fsp3) is 0.120. The van der Waals surface area contributed by atoms with Crippen LogP contribution < -0.4 is 14.8 Å². The van der Waals surface area contributed by atoms with Gasteiger partial charge in [0.1, 0.15) is 0 Å². The number of hydrogen-bond acceptors (Lipinski definition) is 4. The van der Waals surface area contributed by atoms with Crippen LogP contribution >= 0.6 is 15.9 Å². The number of carbonyl (C=O) groups excluding carboxylic acids is 2. The van der Waals surface area contributed by atoms with E-state index < -0.39 is 0 Å². The number of benzene rings is 3. The van der Waals surface area contributed by atoms with Gasteiger partial charge >= 0.3 is 0 Å². The molecule has 0 bridgehead atoms. The van der Waals surface area contributed by atoms with Crippen LogP contribution in [0, 0.1) is 6.92 Å². The van der Waals surface area contributed by atoms with Crippen molar-refractivity contribution >= 4 is 39.4 Å². The van der Waals surface area contributed by atoms with E-state index in [0.29, 0.717) is 22.7 Å². The average molecular weight is 480 g/mol. The van der Waals surface area contributed by atoms with E-state index in [9.17, 15) is 9.59 Å². The van der Waals surface area contributed by atoms with Crippen LogP contribution in [0.5, 0.6) is 11.5 Å². The molecule has 5 nitrogen and oxygen atoms in total. The summed E-state index contributed by atoms with van der Waals surface area (Å²) in [5.74, 6) is 0.542. The molecule has 158 valence electrons. The van der Waals surface area contributed by atoms with E-state index in [1.807, 2.05) is 43.3 Å². The van der Waals surface area contributed by atoms with Crippen LogP contribution in [0.2, 0.25) is 0 Å². The van der Waals surface area contributed by atoms with Crippen molar-refractivity contribution in [1.29, 1.82) is 0 Å². The smallest absolute Gasteiger partial charge is 0.262 e. The lowest BCUT2D eigenvalue weighted by Crippen LogP contribution is -2.20. The molecule has 3 aromatic rings. The van der Waals surface area contributed by atoms with E-state index in [1.54, 1.807) is 36.4 Å². The van der Waals surface area contributed by atoms with Gasteiger partial charge in [-0.3, -0.25) is 9.59 Å². The van der Waals surface area contributed by atoms with Gasteiger partial charge < -0.3 is 14.8 Å². The molecule has 0 radical (unpaired) electrons. The van der Waals surface area contributed by atoms with Crippen LogP contribution in [0.4, 0.5) is 5.69 Å². The van der Waals surface area contributed by atoms with E-state index in [0.717, 1.165) is 15.6 Å². The molecule has 0 heterocycles. The largest absolute Gasteiger partial charge is 0.493 e. The van der Waals surface area contributed by atoms with Crippen LogP contribution in [0.3, 0.4) is 0 Å². The molecule has 6 heteroatoms. The number of ketones is 1. The monoisotopic (exact) mass is 479 g/mol. The van der Waals surface area contributed by atoms with Gasteiger partial charge in [-0.2, -0.15) is 0 Å². The normalized spacial score (nSPS) is 10.7. The minimum absolute atomic E-state index is 0.103. The van der Waals surface area contributed by atoms with Crippen molar-refractivity contribution < 1.29 is 19.1 Å². The molecule has 0 aliphatic carbocycles. The Bertz CT molecular complexity index is 1110. The lowest BCUT2D eigenvalue weighted by molar-refractivity contribution is -0.118. The maximum atomic E-state index is 12.3. The van der Waals surface area contributed by atoms with Gasteiger partial charge in [0.25, 0.3) is 5.91 Å². The summed E-state index contributed by atoms with van der Waals surface area (Å²) in [6.07, 6.45) is 3.21. The third-order valence-electron chi connectivity index (χ3n) is 4.42. The Labute approximate surface area is 189 Å². The second kappa shape index (κ2) is 10.6. The highest BCUT2D eigenvalue weighted by Crippen LogP contribution is 2.28. The molecule has 1 amide bonds. The molecule has 0 atom stereocenters. The number of methoxy groups -OCH3 is 1. The van der Waals surface area contributed by atoms with Crippen molar-refractivity contribution in [2.24, 2.45) is 0 Å². The Kier molecular flexibility index (Phi) is 7.62. The lowest BCUT2D eigenvalue weighted by Gasteiger charge is -2.11. The first-order valence-electron chi connectivity index (χ1n) is 9.60. The molecule has 0 aromatic heterocycles. The topological polar surface area (TPSA) is 64.6 Å². The van der Waals surface area contributed by atoms with Crippen LogP contribution in [0.25, 0.3) is 6.08 Å². The highest BCUT2D eigenvalue weighted by atomic mass is 79.9. The van der Waals surface area contributed by atoms with Gasteiger partial charge in [0.05, 0.1) is 7.11 Å². The van der Waals surface area contributed by atoms with Crippen LogP contribution in [0.15, 0.2) is 77.3 Å². The summed E-state index contributed by atoms with van der Waals surface area (Å²) < 4.78 is 11.8. The Morgan fingerprint density at radius 1 is 1.00 bits per heavy atom. The van der Waals surface area contributed by atoms with E-state index in [-0.39, 0.29) is 18.3 Å². The zero-order chi connectivity index (χ0) is 22.2. The quantitative estimate of drug-likeness (QED) is 0.333. The van der Waals surface area contributed by atoms with Crippen molar-refractivity contribution in [3.63, 3.8) is 0 Å². The Morgan fingerprint density at radius 3 is 2.48 bits per heavy atom. The van der Waals surface area contributed by atoms with Crippen LogP contribution in [0.1, 0.15) is 21.5 Å². The second-order valence-electron chi connectivity index (χ2n) is 6.82. The number of carbonyl (C=O) groups is 2. The minimum Gasteiger partial charge on any atom is -0.493 e. The van der Waals surface area contributed by atoms with E-state index in [4.69, 9.17) is 9.47 Å². The highest BCUT2D eigenvalue weighted by molar-refractivity contribution is 9.10. The highest BCUT2D eigenvalue weighted by Gasteiger charge is 2.09. The van der Waals surface area contributed by atoms with E-state index >= 15 is 0 Å². The molecule has 0 fully saturated rings. The standard InChI is InChI=1S/C25H22BrNO4/c1-17-6-10-21(11-7-17)27-25(29)16-31-23-13-9-18(14-24(23)30-2)8-12-22(28)19-4-3-5-20(26)15-19/h3-15H,16H2,1-2H3,(H,27,29)/b12-8+. The van der Waals surface area contributed by atoms with Gasteiger partial charge in [0, 0.05) is 15.7 Å². The predicted molar refractivity (Wildman–Crippen MR) is 126 cm³/mol. The third-order valence-corrected chi connectivity index (χ3v) is 4.91. The number of halogens is 1. The molecule has 1 N–H and O–H groups in total. The average Bonchev–Trinajstić information content (AvgIpc) is 2.77. The van der Waals surface area contributed by atoms with Gasteiger partial charge in [0.15, 0.2) is 23.9 Å². The molecular weight excluding hydrogens is 458 g/mol. The molecule has 31 heavy (non-hydrogen) atoms. The van der Waals surface area contributed by atoms with Crippen LogP contribution in [-0.2, 0) is 4.79 Å². The SMILES string of the molecule is COc1cc(/C=C/C(=O)c2cccc(Br)c2)ccc1OCC(=O)Nc1ccc(C)cc1. The molecule has 3 aromatic carbocycles. The molecular formula is C25H22BrNO4. The number of anilines is 1. The first kappa shape index (κ1) is 22.3. The maximum Gasteiger partial charge on any atom is 0.262 e. The first-order valence-corrected chi connectivity index (χ1v) is 10.4. The summed E-state index contributed by atoms with van der Waals surface area (Å²) in [7, 11) is 1.52. The summed E-state index contributed by atoms with van der Waals surface area (Å²) in [5, 5.41) is 2.78. The van der Waals surface area contributed by atoms with Crippen molar-refractivity contribution in [3.8, 4) is 11.5 Å². The maximum absolute atomic E-state index is 12.3. The van der Waals surface area contributed by atoms with E-state index in [2.05, 4.69) is 21.2 Å². The summed E-state index contributed by atoms with van der Waals surface area (Å²) >= 11 is 3.36. The fourth-order valence-electron chi connectivity index (χ4n) is 2.79. The summed E-state index contributed by atoms with van der Waals surface area (Å²) in [6, 6.07) is 20.0. The number of aryl methyl sites for hydroxylation is 1. The summed E-state index contributed by atoms with van der Waals surface area (Å²) in [4.78, 5) is 24.5. The van der Waals surface area contributed by atoms with E-state index in [1.165, 1.54) is 13.2 Å². The zero-order valence-corrected chi connectivity index (χ0v) is 18.8. The van der Waals surface area contributed by atoms with Gasteiger partial charge in [-0.15, -0.1) is 0 Å². The Morgan fingerprint density at radius 2 is 1.77 bits per heavy atom. The van der Waals surface area contributed by atoms with Crippen LogP contribution in [-0.4, -0.2) is 25.4 Å². The second-order valence-corrected chi connectivity index (χ2v) is 7.74. The van der Waals surface area contributed by atoms with Crippen molar-refractivity contribution in [2.75, 3.05) is 19.0 Å². The number of rotatable bonds is 8. The molecule has 3 rings (SSSR count). The van der Waals surface area contributed by atoms with Crippen molar-refractivity contribution in [2.45, 2.75) is 6.92 Å². The Hall–Kier alpha value is -3.38. The third kappa shape index (κ3) is 6.55. The Balaban J connectivity index is 1.62. The molecule has 0 unspecified atom stereocenters. The molecule has 0 saturated carbocycles. The fourth-order valence-corrected chi connectivity index (χ4v) is 3.19. The number of amides is 1. The molecule has 0 aliphatic rings. The van der Waals surface area contributed by atoms with Gasteiger partial charge in [0.2, 0.25) is 0 Å². The molecule has 0 spiro atoms. The zero-order valence-electron chi connectivity index (χ0n) is 17.2. The van der Waals surface area contributed by atoms with Gasteiger partial charge in [-0.25, -0.2) is 0 Å². The lowest BCUT2D eigenvalue weighted by atomic mass is 10.1. The summed E-state index contributed by atoms with van der Waals surface area (Å²) in [6.45, 7) is 1.83. The van der Waals surface area contributed by atoms with Gasteiger partial charge in [-0.05, 0) is 55.0 Å². The number of allylic oxidation sites excluding steroid dienone is 1. The molecule has 0 aliphatic heterocycles. The first-order chi connectivity index (χ1) is 14.9. The molecule has 0 saturated heterocycles. The predicted octanol–water partition coefficient (Wildman–Crippen LogP) is 5.68. The number of hydrogen-bond donors (Lipinski definition) is 1. The number of nitrogens with one attached hydrogen (secondary N) is 1. The van der Waals surface area contributed by atoms with Crippen molar-refractivity contribution in [1.82, 2.24) is 0 Å². The van der Waals surface area contributed by atoms with Crippen molar-refractivity contribution in [3.05, 3.63) is 94.0 Å². The minimum atomic E-state index is -0.269. The van der Waals surface area contributed by atoms with Gasteiger partial charge in [-0.1, -0.05) is 57.9 Å².